The monoisotopic (exact) mass is 307 g/mol. The van der Waals surface area contributed by atoms with Gasteiger partial charge in [0.15, 0.2) is 0 Å². The molecule has 2 N–H and O–H groups in total. The number of hydrogen-bond acceptors (Lipinski definition) is 2. The zero-order valence-electron chi connectivity index (χ0n) is 10.8. The number of nitrogens with zero attached hydrogens (tertiary/aromatic N) is 2. The molecule has 0 aliphatic rings. The predicted octanol–water partition coefficient (Wildman–Crippen LogP) is 2.91. The van der Waals surface area contributed by atoms with E-state index in [1.807, 2.05) is 7.05 Å². The summed E-state index contributed by atoms with van der Waals surface area (Å²) in [5.74, 6) is 1.01. The third-order valence-electron chi connectivity index (χ3n) is 3.12. The molecular weight excluding hydrogens is 290 g/mol. The molecule has 1 aromatic carbocycles. The number of aromatic nitrogens is 2. The Morgan fingerprint density at radius 2 is 1.94 bits per heavy atom. The highest BCUT2D eigenvalue weighted by atomic mass is 79.9. The van der Waals surface area contributed by atoms with Crippen LogP contribution in [0.3, 0.4) is 0 Å². The molecule has 0 spiro atoms. The number of benzene rings is 1. The van der Waals surface area contributed by atoms with Crippen LogP contribution in [0.4, 0.5) is 0 Å². The second-order valence-electron chi connectivity index (χ2n) is 4.32. The van der Waals surface area contributed by atoms with Crippen LogP contribution >= 0.6 is 15.9 Å². The molecule has 0 amide bonds. The summed E-state index contributed by atoms with van der Waals surface area (Å²) >= 11 is 3.60. The summed E-state index contributed by atoms with van der Waals surface area (Å²) < 4.78 is 3.06. The van der Waals surface area contributed by atoms with Crippen LogP contribution < -0.4 is 5.73 Å². The second-order valence-corrected chi connectivity index (χ2v) is 5.07. The average Bonchev–Trinajstić information content (AvgIpc) is 2.68. The molecule has 0 aliphatic carbocycles. The Balaban J connectivity index is 2.40. The zero-order chi connectivity index (χ0) is 13.1. The molecule has 2 rings (SSSR count). The summed E-state index contributed by atoms with van der Waals surface area (Å²) in [6.45, 7) is 2.77. The SMILES string of the molecule is CCc1ccc(-c2nc(CCN)n(C)c2Br)cc1. The highest BCUT2D eigenvalue weighted by Gasteiger charge is 2.13. The molecule has 18 heavy (non-hydrogen) atoms. The summed E-state index contributed by atoms with van der Waals surface area (Å²) in [6, 6.07) is 8.55. The van der Waals surface area contributed by atoms with E-state index >= 15 is 0 Å². The van der Waals surface area contributed by atoms with Crippen LogP contribution in [-0.4, -0.2) is 16.1 Å². The summed E-state index contributed by atoms with van der Waals surface area (Å²) in [5.41, 5.74) is 9.06. The smallest absolute Gasteiger partial charge is 0.112 e. The molecule has 0 bridgehead atoms. The molecule has 0 saturated heterocycles. The third-order valence-corrected chi connectivity index (χ3v) is 4.03. The number of aryl methyl sites for hydroxylation is 1. The maximum absolute atomic E-state index is 5.60. The van der Waals surface area contributed by atoms with E-state index in [1.54, 1.807) is 0 Å². The van der Waals surface area contributed by atoms with E-state index in [4.69, 9.17) is 5.73 Å². The van der Waals surface area contributed by atoms with Crippen LogP contribution in [0, 0.1) is 0 Å². The lowest BCUT2D eigenvalue weighted by Crippen LogP contribution is -2.07. The molecule has 0 radical (unpaired) electrons. The minimum absolute atomic E-state index is 0.617. The lowest BCUT2D eigenvalue weighted by Gasteiger charge is -2.01. The van der Waals surface area contributed by atoms with Gasteiger partial charge in [0.25, 0.3) is 0 Å². The fourth-order valence-electron chi connectivity index (χ4n) is 1.96. The van der Waals surface area contributed by atoms with Gasteiger partial charge < -0.3 is 10.3 Å². The van der Waals surface area contributed by atoms with Gasteiger partial charge in [0.2, 0.25) is 0 Å². The molecule has 0 aliphatic heterocycles. The number of rotatable bonds is 4. The molecule has 0 atom stereocenters. The molecule has 0 fully saturated rings. The lowest BCUT2D eigenvalue weighted by molar-refractivity contribution is 0.767. The largest absolute Gasteiger partial charge is 0.330 e. The van der Waals surface area contributed by atoms with E-state index in [1.165, 1.54) is 5.56 Å². The average molecular weight is 308 g/mol. The Morgan fingerprint density at radius 1 is 1.28 bits per heavy atom. The van der Waals surface area contributed by atoms with Crippen molar-refractivity contribution < 1.29 is 0 Å². The van der Waals surface area contributed by atoms with Gasteiger partial charge in [-0.25, -0.2) is 4.98 Å². The van der Waals surface area contributed by atoms with Gasteiger partial charge in [0.05, 0.1) is 0 Å². The van der Waals surface area contributed by atoms with Crippen molar-refractivity contribution in [3.63, 3.8) is 0 Å². The summed E-state index contributed by atoms with van der Waals surface area (Å²) in [6.07, 6.45) is 1.85. The normalized spacial score (nSPS) is 10.9. The first-order valence-corrected chi connectivity index (χ1v) is 6.97. The standard InChI is InChI=1S/C14H18BrN3/c1-3-10-4-6-11(7-5-10)13-14(15)18(2)12(17-13)8-9-16/h4-7H,3,8-9,16H2,1-2H3. The number of halogens is 1. The van der Waals surface area contributed by atoms with Gasteiger partial charge in [-0.1, -0.05) is 31.2 Å². The van der Waals surface area contributed by atoms with Gasteiger partial charge >= 0.3 is 0 Å². The third kappa shape index (κ3) is 2.49. The molecule has 2 aromatic rings. The van der Waals surface area contributed by atoms with Crippen molar-refractivity contribution >= 4 is 15.9 Å². The van der Waals surface area contributed by atoms with Gasteiger partial charge in [-0.2, -0.15) is 0 Å². The van der Waals surface area contributed by atoms with E-state index in [0.29, 0.717) is 6.54 Å². The minimum atomic E-state index is 0.617. The highest BCUT2D eigenvalue weighted by Crippen LogP contribution is 2.28. The summed E-state index contributed by atoms with van der Waals surface area (Å²) in [7, 11) is 2.01. The first-order valence-electron chi connectivity index (χ1n) is 6.17. The predicted molar refractivity (Wildman–Crippen MR) is 78.5 cm³/mol. The summed E-state index contributed by atoms with van der Waals surface area (Å²) in [4.78, 5) is 4.66. The number of nitrogens with two attached hydrogens (primary N) is 1. The minimum Gasteiger partial charge on any atom is -0.330 e. The first-order chi connectivity index (χ1) is 8.67. The Morgan fingerprint density at radius 3 is 2.50 bits per heavy atom. The molecule has 0 saturated carbocycles. The topological polar surface area (TPSA) is 43.8 Å². The number of hydrogen-bond donors (Lipinski definition) is 1. The van der Waals surface area contributed by atoms with Gasteiger partial charge in [0, 0.05) is 19.0 Å². The fraction of sp³-hybridized carbons (Fsp3) is 0.357. The van der Waals surface area contributed by atoms with Crippen LogP contribution in [0.1, 0.15) is 18.3 Å². The van der Waals surface area contributed by atoms with Crippen molar-refractivity contribution in [2.45, 2.75) is 19.8 Å². The highest BCUT2D eigenvalue weighted by molar-refractivity contribution is 9.10. The first kappa shape index (κ1) is 13.3. The molecule has 4 heteroatoms. The Labute approximate surface area is 116 Å². The van der Waals surface area contributed by atoms with Crippen molar-refractivity contribution in [3.05, 3.63) is 40.3 Å². The van der Waals surface area contributed by atoms with Gasteiger partial charge in [0.1, 0.15) is 16.1 Å². The van der Waals surface area contributed by atoms with E-state index in [0.717, 1.165) is 34.5 Å². The van der Waals surface area contributed by atoms with Gasteiger partial charge in [-0.15, -0.1) is 0 Å². The maximum Gasteiger partial charge on any atom is 0.112 e. The van der Waals surface area contributed by atoms with Gasteiger partial charge in [-0.3, -0.25) is 0 Å². The fourth-order valence-corrected chi connectivity index (χ4v) is 2.48. The van der Waals surface area contributed by atoms with Crippen LogP contribution in [0.2, 0.25) is 0 Å². The van der Waals surface area contributed by atoms with Crippen LogP contribution in [0.5, 0.6) is 0 Å². The molecule has 0 unspecified atom stereocenters. The van der Waals surface area contributed by atoms with Crippen molar-refractivity contribution in [2.24, 2.45) is 12.8 Å². The molecule has 1 heterocycles. The molecule has 96 valence electrons. The zero-order valence-corrected chi connectivity index (χ0v) is 12.4. The number of imidazole rings is 1. The van der Waals surface area contributed by atoms with Crippen molar-refractivity contribution in [1.29, 1.82) is 0 Å². The maximum atomic E-state index is 5.60. The van der Waals surface area contributed by atoms with Crippen molar-refractivity contribution in [3.8, 4) is 11.3 Å². The van der Waals surface area contributed by atoms with E-state index in [-0.39, 0.29) is 0 Å². The van der Waals surface area contributed by atoms with E-state index in [2.05, 4.69) is 56.7 Å². The van der Waals surface area contributed by atoms with Crippen LogP contribution in [0.15, 0.2) is 28.9 Å². The second kappa shape index (κ2) is 5.67. The van der Waals surface area contributed by atoms with Crippen molar-refractivity contribution in [2.75, 3.05) is 6.54 Å². The molecule has 3 nitrogen and oxygen atoms in total. The Kier molecular flexibility index (Phi) is 4.19. The Hall–Kier alpha value is -1.13. The van der Waals surface area contributed by atoms with E-state index < -0.39 is 0 Å². The Bertz CT molecular complexity index is 529. The van der Waals surface area contributed by atoms with Crippen LogP contribution in [-0.2, 0) is 19.9 Å². The van der Waals surface area contributed by atoms with Crippen molar-refractivity contribution in [1.82, 2.24) is 9.55 Å². The summed E-state index contributed by atoms with van der Waals surface area (Å²) in [5, 5.41) is 0. The lowest BCUT2D eigenvalue weighted by atomic mass is 10.1. The van der Waals surface area contributed by atoms with E-state index in [9.17, 15) is 0 Å². The van der Waals surface area contributed by atoms with Gasteiger partial charge in [-0.05, 0) is 34.5 Å². The molecule has 1 aromatic heterocycles. The quantitative estimate of drug-likeness (QED) is 0.944. The molecular formula is C14H18BrN3. The van der Waals surface area contributed by atoms with Crippen LogP contribution in [0.25, 0.3) is 11.3 Å².